The summed E-state index contributed by atoms with van der Waals surface area (Å²) >= 11 is 0. The van der Waals surface area contributed by atoms with Gasteiger partial charge in [-0.25, -0.2) is 4.98 Å². The molecule has 2 fully saturated rings. The Hall–Kier alpha value is -1.95. The highest BCUT2D eigenvalue weighted by atomic mass is 16.5. The molecule has 0 radical (unpaired) electrons. The highest BCUT2D eigenvalue weighted by molar-refractivity contribution is 5.38. The fourth-order valence-corrected chi connectivity index (χ4v) is 4.64. The zero-order valence-corrected chi connectivity index (χ0v) is 15.8. The topological polar surface area (TPSA) is 31.8 Å². The van der Waals surface area contributed by atoms with E-state index in [9.17, 15) is 0 Å². The zero-order chi connectivity index (χ0) is 18.1. The third kappa shape index (κ3) is 3.59. The molecule has 1 atom stereocenters. The smallest absolute Gasteiger partial charge is 0.128 e. The van der Waals surface area contributed by atoms with E-state index in [1.807, 2.05) is 12.3 Å². The average molecular weight is 364 g/mol. The van der Waals surface area contributed by atoms with Gasteiger partial charge < -0.3 is 9.64 Å². The van der Waals surface area contributed by atoms with Crippen molar-refractivity contribution < 1.29 is 4.74 Å². The standard InChI is InChI=1S/C22H28N4O/c1-2-6-20-18(5-1)8-14-27-21(20)17-24-15-19(16-24)25-10-12-26(13-11-25)22-7-3-4-9-23-22/h1-7,9,19,21H,8,10-17H2. The quantitative estimate of drug-likeness (QED) is 0.830. The van der Waals surface area contributed by atoms with Gasteiger partial charge >= 0.3 is 0 Å². The van der Waals surface area contributed by atoms with Gasteiger partial charge in [0.05, 0.1) is 12.7 Å². The second-order valence-electron chi connectivity index (χ2n) is 7.89. The van der Waals surface area contributed by atoms with Crippen LogP contribution in [0.1, 0.15) is 17.2 Å². The normalized spacial score (nSPS) is 24.4. The van der Waals surface area contributed by atoms with Crippen LogP contribution in [0.4, 0.5) is 5.82 Å². The summed E-state index contributed by atoms with van der Waals surface area (Å²) < 4.78 is 6.09. The van der Waals surface area contributed by atoms with Gasteiger partial charge in [-0.1, -0.05) is 30.3 Å². The third-order valence-electron chi connectivity index (χ3n) is 6.26. The molecule has 5 nitrogen and oxygen atoms in total. The monoisotopic (exact) mass is 364 g/mol. The Bertz CT molecular complexity index is 754. The molecule has 1 unspecified atom stereocenters. The van der Waals surface area contributed by atoms with Crippen molar-refractivity contribution in [1.29, 1.82) is 0 Å². The van der Waals surface area contributed by atoms with Crippen LogP contribution in [0.3, 0.4) is 0 Å². The van der Waals surface area contributed by atoms with E-state index >= 15 is 0 Å². The minimum atomic E-state index is 0.247. The third-order valence-corrected chi connectivity index (χ3v) is 6.26. The molecule has 27 heavy (non-hydrogen) atoms. The first-order chi connectivity index (χ1) is 13.4. The Balaban J connectivity index is 1.11. The highest BCUT2D eigenvalue weighted by Crippen LogP contribution is 2.29. The van der Waals surface area contributed by atoms with Crippen LogP contribution in [0.25, 0.3) is 0 Å². The van der Waals surface area contributed by atoms with Crippen LogP contribution in [-0.2, 0) is 11.2 Å². The summed E-state index contributed by atoms with van der Waals surface area (Å²) in [5, 5.41) is 0. The van der Waals surface area contributed by atoms with Crippen LogP contribution in [0, 0.1) is 0 Å². The van der Waals surface area contributed by atoms with Crippen LogP contribution in [-0.4, -0.2) is 73.2 Å². The fourth-order valence-electron chi connectivity index (χ4n) is 4.64. The molecule has 0 aliphatic carbocycles. The lowest BCUT2D eigenvalue weighted by atomic mass is 9.96. The summed E-state index contributed by atoms with van der Waals surface area (Å²) in [7, 11) is 0. The SMILES string of the molecule is c1ccc(N2CCN(C3CN(CC4OCCc5ccccc54)C3)CC2)nc1. The molecule has 142 valence electrons. The number of fused-ring (bicyclic) bond motifs is 1. The number of hydrogen-bond donors (Lipinski definition) is 0. The lowest BCUT2D eigenvalue weighted by Crippen LogP contribution is -2.63. The molecule has 3 aliphatic heterocycles. The first-order valence-electron chi connectivity index (χ1n) is 10.2. The molecule has 1 aromatic heterocycles. The minimum Gasteiger partial charge on any atom is -0.372 e. The summed E-state index contributed by atoms with van der Waals surface area (Å²) in [6.07, 6.45) is 3.18. The number of piperazine rings is 1. The van der Waals surface area contributed by atoms with E-state index in [4.69, 9.17) is 4.74 Å². The Morgan fingerprint density at radius 2 is 1.78 bits per heavy atom. The second-order valence-corrected chi connectivity index (χ2v) is 7.89. The summed E-state index contributed by atoms with van der Waals surface area (Å²) in [4.78, 5) is 12.1. The number of likely N-dealkylation sites (tertiary alicyclic amines) is 1. The van der Waals surface area contributed by atoms with Crippen LogP contribution in [0.2, 0.25) is 0 Å². The average Bonchev–Trinajstić information content (AvgIpc) is 2.71. The van der Waals surface area contributed by atoms with Crippen molar-refractivity contribution in [2.75, 3.05) is 57.3 Å². The molecule has 0 spiro atoms. The molecule has 0 saturated carbocycles. The predicted octanol–water partition coefficient (Wildman–Crippen LogP) is 2.20. The maximum absolute atomic E-state index is 6.09. The van der Waals surface area contributed by atoms with Gasteiger partial charge in [-0.3, -0.25) is 9.80 Å². The van der Waals surface area contributed by atoms with E-state index in [1.165, 1.54) is 24.2 Å². The number of ether oxygens (including phenoxy) is 1. The van der Waals surface area contributed by atoms with E-state index in [0.717, 1.165) is 51.6 Å². The molecule has 1 aromatic carbocycles. The number of hydrogen-bond acceptors (Lipinski definition) is 5. The van der Waals surface area contributed by atoms with Crippen molar-refractivity contribution in [3.05, 3.63) is 59.8 Å². The van der Waals surface area contributed by atoms with Crippen molar-refractivity contribution in [2.24, 2.45) is 0 Å². The molecule has 5 heteroatoms. The van der Waals surface area contributed by atoms with Gasteiger partial charge in [-0.05, 0) is 29.7 Å². The molecule has 4 heterocycles. The molecular weight excluding hydrogens is 336 g/mol. The number of benzene rings is 1. The van der Waals surface area contributed by atoms with E-state index in [0.29, 0.717) is 6.04 Å². The predicted molar refractivity (Wildman–Crippen MR) is 107 cm³/mol. The van der Waals surface area contributed by atoms with Crippen molar-refractivity contribution in [2.45, 2.75) is 18.6 Å². The molecule has 0 amide bonds. The number of anilines is 1. The minimum absolute atomic E-state index is 0.247. The fraction of sp³-hybridized carbons (Fsp3) is 0.500. The lowest BCUT2D eigenvalue weighted by molar-refractivity contribution is -0.0306. The van der Waals surface area contributed by atoms with Crippen molar-refractivity contribution in [3.8, 4) is 0 Å². The van der Waals surface area contributed by atoms with Crippen LogP contribution < -0.4 is 4.90 Å². The van der Waals surface area contributed by atoms with Gasteiger partial charge in [-0.2, -0.15) is 0 Å². The van der Waals surface area contributed by atoms with Gasteiger partial charge in [-0.15, -0.1) is 0 Å². The highest BCUT2D eigenvalue weighted by Gasteiger charge is 2.35. The van der Waals surface area contributed by atoms with Crippen LogP contribution in [0.15, 0.2) is 48.7 Å². The Labute approximate surface area is 161 Å². The maximum Gasteiger partial charge on any atom is 0.128 e. The number of aromatic nitrogens is 1. The summed E-state index contributed by atoms with van der Waals surface area (Å²) in [5.74, 6) is 1.11. The molecule has 2 saturated heterocycles. The van der Waals surface area contributed by atoms with E-state index < -0.39 is 0 Å². The molecule has 2 aromatic rings. The molecule has 0 bridgehead atoms. The van der Waals surface area contributed by atoms with Gasteiger partial charge in [0.25, 0.3) is 0 Å². The van der Waals surface area contributed by atoms with Crippen LogP contribution in [0.5, 0.6) is 0 Å². The van der Waals surface area contributed by atoms with Crippen LogP contribution >= 0.6 is 0 Å². The van der Waals surface area contributed by atoms with E-state index in [-0.39, 0.29) is 6.10 Å². The van der Waals surface area contributed by atoms with Crippen molar-refractivity contribution in [1.82, 2.24) is 14.8 Å². The number of rotatable bonds is 4. The van der Waals surface area contributed by atoms with E-state index in [1.54, 1.807) is 0 Å². The summed E-state index contributed by atoms with van der Waals surface area (Å²) in [6.45, 7) is 8.65. The molecule has 0 N–H and O–H groups in total. The Kier molecular flexibility index (Phi) is 4.82. The molecular formula is C22H28N4O. The summed E-state index contributed by atoms with van der Waals surface area (Å²) in [6, 6.07) is 15.7. The summed E-state index contributed by atoms with van der Waals surface area (Å²) in [5.41, 5.74) is 2.87. The Morgan fingerprint density at radius 1 is 0.963 bits per heavy atom. The Morgan fingerprint density at radius 3 is 2.59 bits per heavy atom. The van der Waals surface area contributed by atoms with Crippen molar-refractivity contribution in [3.63, 3.8) is 0 Å². The largest absolute Gasteiger partial charge is 0.372 e. The molecule has 3 aliphatic rings. The van der Waals surface area contributed by atoms with Gasteiger partial charge in [0.1, 0.15) is 5.82 Å². The maximum atomic E-state index is 6.09. The molecule has 5 rings (SSSR count). The first-order valence-corrected chi connectivity index (χ1v) is 10.2. The second kappa shape index (κ2) is 7.58. The van der Waals surface area contributed by atoms with Crippen molar-refractivity contribution >= 4 is 5.82 Å². The first kappa shape index (κ1) is 17.2. The lowest BCUT2D eigenvalue weighted by Gasteiger charge is -2.49. The zero-order valence-electron chi connectivity index (χ0n) is 15.8. The van der Waals surface area contributed by atoms with Gasteiger partial charge in [0, 0.05) is 58.1 Å². The van der Waals surface area contributed by atoms with E-state index in [2.05, 4.69) is 56.1 Å². The number of pyridine rings is 1. The van der Waals surface area contributed by atoms with Gasteiger partial charge in [0.15, 0.2) is 0 Å². The van der Waals surface area contributed by atoms with Gasteiger partial charge in [0.2, 0.25) is 0 Å². The number of nitrogens with zero attached hydrogens (tertiary/aromatic N) is 4.